The van der Waals surface area contributed by atoms with Crippen molar-refractivity contribution in [3.8, 4) is 0 Å². The number of rotatable bonds is 5. The Kier molecular flexibility index (Phi) is 6.57. The van der Waals surface area contributed by atoms with Gasteiger partial charge in [-0.2, -0.15) is 5.10 Å². The van der Waals surface area contributed by atoms with E-state index in [0.29, 0.717) is 39.7 Å². The summed E-state index contributed by atoms with van der Waals surface area (Å²) in [5.41, 5.74) is 1.84. The molecule has 186 valence electrons. The summed E-state index contributed by atoms with van der Waals surface area (Å²) in [6.45, 7) is 2.29. The van der Waals surface area contributed by atoms with Crippen LogP contribution in [0.5, 0.6) is 0 Å². The molecule has 0 N–H and O–H groups in total. The number of hydrogen-bond acceptors (Lipinski definition) is 5. The largest absolute Gasteiger partial charge is 0.369 e. The summed E-state index contributed by atoms with van der Waals surface area (Å²) in [6, 6.07) is 4.52. The molecule has 1 aliphatic rings. The van der Waals surface area contributed by atoms with Crippen molar-refractivity contribution < 1.29 is 18.3 Å². The number of pyridine rings is 1. The Morgan fingerprint density at radius 3 is 2.83 bits per heavy atom. The molecular formula is C26H24BrF2N5O2. The molecule has 2 aromatic heterocycles. The van der Waals surface area contributed by atoms with Gasteiger partial charge in [-0.05, 0) is 65.9 Å². The lowest BCUT2D eigenvalue weighted by atomic mass is 9.93. The van der Waals surface area contributed by atoms with Crippen molar-refractivity contribution in [3.63, 3.8) is 0 Å². The fraction of sp³-hybridized carbons (Fsp3) is 0.308. The molecule has 10 heteroatoms. The number of ether oxygens (including phenoxy) is 1. The van der Waals surface area contributed by atoms with Gasteiger partial charge in [0.1, 0.15) is 5.52 Å². The van der Waals surface area contributed by atoms with Crippen LogP contribution in [0, 0.1) is 18.6 Å². The van der Waals surface area contributed by atoms with Crippen LogP contribution in [0.15, 0.2) is 40.1 Å². The van der Waals surface area contributed by atoms with Crippen molar-refractivity contribution in [2.24, 2.45) is 4.99 Å². The molecule has 1 saturated heterocycles. The smallest absolute Gasteiger partial charge is 0.196 e. The number of aliphatic imine (C=N–C) groups is 1. The Morgan fingerprint density at radius 1 is 1.31 bits per heavy atom. The molecule has 2 aromatic carbocycles. The lowest BCUT2D eigenvalue weighted by Gasteiger charge is -2.23. The minimum absolute atomic E-state index is 0.00510. The van der Waals surface area contributed by atoms with Crippen LogP contribution >= 0.6 is 15.9 Å². The molecule has 1 aliphatic heterocycles. The van der Waals surface area contributed by atoms with E-state index in [4.69, 9.17) is 4.74 Å². The summed E-state index contributed by atoms with van der Waals surface area (Å²) in [5, 5.41) is 5.18. The average molecular weight is 556 g/mol. The molecule has 0 spiro atoms. The third-order valence-corrected chi connectivity index (χ3v) is 7.27. The van der Waals surface area contributed by atoms with Gasteiger partial charge in [0, 0.05) is 47.7 Å². The van der Waals surface area contributed by atoms with E-state index < -0.39 is 23.6 Å². The number of aromatic nitrogens is 3. The monoisotopic (exact) mass is 555 g/mol. The number of hydrogen-bond donors (Lipinski definition) is 0. The molecule has 3 heterocycles. The van der Waals surface area contributed by atoms with E-state index in [0.717, 1.165) is 18.9 Å². The molecule has 1 unspecified atom stereocenters. The van der Waals surface area contributed by atoms with Crippen LogP contribution in [0.2, 0.25) is 0 Å². The zero-order valence-corrected chi connectivity index (χ0v) is 21.6. The van der Waals surface area contributed by atoms with Crippen LogP contribution in [0.1, 0.15) is 47.0 Å². The predicted octanol–water partition coefficient (Wildman–Crippen LogP) is 6.09. The van der Waals surface area contributed by atoms with Crippen LogP contribution in [0.4, 0.5) is 14.5 Å². The first kappa shape index (κ1) is 24.5. The van der Waals surface area contributed by atoms with Gasteiger partial charge in [-0.1, -0.05) is 0 Å². The molecule has 5 rings (SSSR count). The van der Waals surface area contributed by atoms with Crippen LogP contribution in [-0.2, 0) is 4.74 Å². The van der Waals surface area contributed by atoms with Crippen LogP contribution < -0.4 is 0 Å². The molecule has 0 bridgehead atoms. The lowest BCUT2D eigenvalue weighted by molar-refractivity contribution is -0.0369. The van der Waals surface area contributed by atoms with E-state index in [1.165, 1.54) is 10.9 Å². The Labute approximate surface area is 214 Å². The molecule has 0 aliphatic carbocycles. The summed E-state index contributed by atoms with van der Waals surface area (Å²) in [6.07, 6.45) is 6.55. The normalized spacial score (nSPS) is 16.3. The average Bonchev–Trinajstić information content (AvgIpc) is 3.33. The van der Waals surface area contributed by atoms with E-state index in [1.54, 1.807) is 30.4 Å². The quantitative estimate of drug-likeness (QED) is 0.169. The van der Waals surface area contributed by atoms with Crippen LogP contribution in [0.25, 0.3) is 21.8 Å². The Morgan fingerprint density at radius 2 is 2.11 bits per heavy atom. The van der Waals surface area contributed by atoms with E-state index in [-0.39, 0.29) is 22.0 Å². The third kappa shape index (κ3) is 4.08. The first-order valence-electron chi connectivity index (χ1n) is 11.6. The van der Waals surface area contributed by atoms with E-state index >= 15 is 4.39 Å². The number of benzene rings is 2. The summed E-state index contributed by atoms with van der Waals surface area (Å²) in [5.74, 6) is -2.67. The van der Waals surface area contributed by atoms with Gasteiger partial charge in [-0.25, -0.2) is 18.5 Å². The second-order valence-electron chi connectivity index (χ2n) is 8.99. The van der Waals surface area contributed by atoms with Gasteiger partial charge in [0.25, 0.3) is 0 Å². The fourth-order valence-electron chi connectivity index (χ4n) is 4.57. The van der Waals surface area contributed by atoms with Crippen molar-refractivity contribution in [2.45, 2.75) is 32.4 Å². The van der Waals surface area contributed by atoms with Crippen LogP contribution in [0.3, 0.4) is 0 Å². The molecule has 7 nitrogen and oxygen atoms in total. The Bertz CT molecular complexity index is 1530. The van der Waals surface area contributed by atoms with Crippen molar-refractivity contribution in [1.82, 2.24) is 19.7 Å². The number of fused-ring (bicyclic) bond motifs is 2. The molecule has 0 radical (unpaired) electrons. The Balaban J connectivity index is 1.76. The SMILES string of the molecule is Cc1c(C(=O)c2cc(F)c(F)c3c2cnn3C2CCCCO2)c(N=CN(C)C)c2cccnc2c1Br. The topological polar surface area (TPSA) is 72.6 Å². The van der Waals surface area contributed by atoms with Crippen molar-refractivity contribution in [2.75, 3.05) is 20.7 Å². The molecule has 36 heavy (non-hydrogen) atoms. The number of carbonyl (C=O) groups is 1. The second-order valence-corrected chi connectivity index (χ2v) is 9.79. The molecular weight excluding hydrogens is 532 g/mol. The van der Waals surface area contributed by atoms with Gasteiger partial charge < -0.3 is 9.64 Å². The highest BCUT2D eigenvalue weighted by atomic mass is 79.9. The molecule has 4 aromatic rings. The van der Waals surface area contributed by atoms with E-state index in [2.05, 4.69) is 31.0 Å². The summed E-state index contributed by atoms with van der Waals surface area (Å²) in [4.78, 5) is 24.9. The number of ketones is 1. The van der Waals surface area contributed by atoms with Gasteiger partial charge in [0.15, 0.2) is 23.6 Å². The predicted molar refractivity (Wildman–Crippen MR) is 138 cm³/mol. The maximum Gasteiger partial charge on any atom is 0.196 e. The highest BCUT2D eigenvalue weighted by Crippen LogP contribution is 2.40. The minimum Gasteiger partial charge on any atom is -0.369 e. The lowest BCUT2D eigenvalue weighted by Crippen LogP contribution is -2.19. The van der Waals surface area contributed by atoms with Crippen molar-refractivity contribution in [1.29, 1.82) is 0 Å². The highest BCUT2D eigenvalue weighted by molar-refractivity contribution is 9.10. The summed E-state index contributed by atoms with van der Waals surface area (Å²) in [7, 11) is 3.63. The maximum atomic E-state index is 15.1. The summed E-state index contributed by atoms with van der Waals surface area (Å²) >= 11 is 3.57. The second kappa shape index (κ2) is 9.67. The van der Waals surface area contributed by atoms with Gasteiger partial charge in [-0.15, -0.1) is 0 Å². The fourth-order valence-corrected chi connectivity index (χ4v) is 5.09. The maximum absolute atomic E-state index is 15.1. The van der Waals surface area contributed by atoms with E-state index in [9.17, 15) is 9.18 Å². The van der Waals surface area contributed by atoms with Gasteiger partial charge in [0.05, 0.1) is 29.3 Å². The molecule has 1 fully saturated rings. The van der Waals surface area contributed by atoms with Gasteiger partial charge in [-0.3, -0.25) is 9.78 Å². The molecule has 0 saturated carbocycles. The first-order valence-corrected chi connectivity index (χ1v) is 12.4. The van der Waals surface area contributed by atoms with Gasteiger partial charge in [0.2, 0.25) is 0 Å². The highest BCUT2D eigenvalue weighted by Gasteiger charge is 2.29. The Hall–Kier alpha value is -3.24. The zero-order chi connectivity index (χ0) is 25.6. The van der Waals surface area contributed by atoms with E-state index in [1.807, 2.05) is 20.2 Å². The summed E-state index contributed by atoms with van der Waals surface area (Å²) < 4.78 is 37.8. The number of halogens is 3. The van der Waals surface area contributed by atoms with Gasteiger partial charge >= 0.3 is 0 Å². The third-order valence-electron chi connectivity index (χ3n) is 6.30. The van der Waals surface area contributed by atoms with Crippen LogP contribution in [-0.4, -0.2) is 52.5 Å². The zero-order valence-electron chi connectivity index (χ0n) is 20.1. The number of nitrogens with zero attached hydrogens (tertiary/aromatic N) is 5. The van der Waals surface area contributed by atoms with Crippen molar-refractivity contribution in [3.05, 3.63) is 63.4 Å². The first-order chi connectivity index (χ1) is 17.3. The van der Waals surface area contributed by atoms with Crippen molar-refractivity contribution >= 4 is 55.5 Å². The molecule has 1 atom stereocenters. The minimum atomic E-state index is -1.12. The molecule has 0 amide bonds. The standard InChI is InChI=1S/C26H24BrF2N5O2/c1-14-20(23(31-13-33(2)3)15-7-6-9-30-24(15)21(14)27)26(35)16-11-18(28)22(29)25-17(16)12-32-34(25)19-8-4-5-10-36-19/h6-7,9,11-13,19H,4-5,8,10H2,1-3H3. The number of carbonyl (C=O) groups excluding carboxylic acids is 1.